The van der Waals surface area contributed by atoms with E-state index in [2.05, 4.69) is 35.5 Å². The fraction of sp³-hybridized carbons (Fsp3) is 0.318. The summed E-state index contributed by atoms with van der Waals surface area (Å²) in [5, 5.41) is 4.59. The molecule has 4 rings (SSSR count). The van der Waals surface area contributed by atoms with Gasteiger partial charge in [-0.2, -0.15) is 0 Å². The Balaban J connectivity index is 2.02. The first-order valence-electron chi connectivity index (χ1n) is 9.36. The van der Waals surface area contributed by atoms with E-state index in [4.69, 9.17) is 22.1 Å². The van der Waals surface area contributed by atoms with E-state index in [0.717, 1.165) is 51.3 Å². The number of nitrogens with two attached hydrogens (primary N) is 1. The minimum Gasteiger partial charge on any atom is -0.491 e. The Bertz CT molecular complexity index is 1140. The molecule has 2 heterocycles. The highest BCUT2D eigenvalue weighted by atomic mass is 35.5. The number of hydrogen-bond donors (Lipinski definition) is 1. The van der Waals surface area contributed by atoms with Crippen molar-refractivity contribution in [1.29, 1.82) is 0 Å². The van der Waals surface area contributed by atoms with Gasteiger partial charge in [-0.1, -0.05) is 55.8 Å². The van der Waals surface area contributed by atoms with Gasteiger partial charge in [0.2, 0.25) is 0 Å². The lowest BCUT2D eigenvalue weighted by molar-refractivity contribution is 0.209. The molecule has 0 aliphatic rings. The SMILES string of the molecule is CCC(N)(CC)COc1cccc2c(Cl)nc3c(c4ccccc4n3C)c12. The molecule has 0 aliphatic carbocycles. The van der Waals surface area contributed by atoms with Crippen LogP contribution in [0.2, 0.25) is 5.15 Å². The van der Waals surface area contributed by atoms with Gasteiger partial charge in [-0.15, -0.1) is 0 Å². The molecule has 0 amide bonds. The van der Waals surface area contributed by atoms with Crippen LogP contribution in [0.25, 0.3) is 32.7 Å². The number of hydrogen-bond acceptors (Lipinski definition) is 3. The smallest absolute Gasteiger partial charge is 0.143 e. The molecule has 0 aliphatic heterocycles. The van der Waals surface area contributed by atoms with Crippen molar-refractivity contribution in [3.05, 3.63) is 47.6 Å². The third-order valence-corrected chi connectivity index (χ3v) is 5.99. The predicted octanol–water partition coefficient (Wildman–Crippen LogP) is 5.43. The largest absolute Gasteiger partial charge is 0.491 e. The summed E-state index contributed by atoms with van der Waals surface area (Å²) in [7, 11) is 2.02. The Morgan fingerprint density at radius 2 is 1.74 bits per heavy atom. The summed E-state index contributed by atoms with van der Waals surface area (Å²) in [6.07, 6.45) is 1.72. The Morgan fingerprint density at radius 1 is 1.04 bits per heavy atom. The van der Waals surface area contributed by atoms with Crippen molar-refractivity contribution in [1.82, 2.24) is 9.55 Å². The van der Waals surface area contributed by atoms with Crippen molar-refractivity contribution in [2.45, 2.75) is 32.2 Å². The van der Waals surface area contributed by atoms with Gasteiger partial charge in [0.1, 0.15) is 23.2 Å². The van der Waals surface area contributed by atoms with Crippen LogP contribution >= 0.6 is 11.6 Å². The zero-order chi connectivity index (χ0) is 19.2. The molecular formula is C22H24ClN3O. The van der Waals surface area contributed by atoms with Gasteiger partial charge >= 0.3 is 0 Å². The lowest BCUT2D eigenvalue weighted by atomic mass is 9.95. The van der Waals surface area contributed by atoms with Crippen molar-refractivity contribution < 1.29 is 4.74 Å². The van der Waals surface area contributed by atoms with E-state index >= 15 is 0 Å². The molecule has 0 saturated heterocycles. The number of para-hydroxylation sites is 1. The minimum absolute atomic E-state index is 0.336. The van der Waals surface area contributed by atoms with Crippen LogP contribution in [-0.4, -0.2) is 21.7 Å². The van der Waals surface area contributed by atoms with Crippen LogP contribution < -0.4 is 10.5 Å². The van der Waals surface area contributed by atoms with E-state index in [0.29, 0.717) is 11.8 Å². The van der Waals surface area contributed by atoms with E-state index in [-0.39, 0.29) is 5.54 Å². The molecule has 27 heavy (non-hydrogen) atoms. The monoisotopic (exact) mass is 381 g/mol. The first-order chi connectivity index (χ1) is 13.0. The van der Waals surface area contributed by atoms with E-state index in [1.54, 1.807) is 0 Å². The molecule has 2 N–H and O–H groups in total. The normalized spacial score (nSPS) is 12.3. The summed E-state index contributed by atoms with van der Waals surface area (Å²) in [5.74, 6) is 0.801. The number of halogens is 1. The maximum Gasteiger partial charge on any atom is 0.143 e. The van der Waals surface area contributed by atoms with Crippen LogP contribution in [-0.2, 0) is 7.05 Å². The van der Waals surface area contributed by atoms with Crippen LogP contribution in [0.3, 0.4) is 0 Å². The van der Waals surface area contributed by atoms with Gasteiger partial charge < -0.3 is 15.0 Å². The second-order valence-corrected chi connectivity index (χ2v) is 7.57. The van der Waals surface area contributed by atoms with Gasteiger partial charge in [0.25, 0.3) is 0 Å². The van der Waals surface area contributed by atoms with Crippen molar-refractivity contribution in [3.8, 4) is 5.75 Å². The fourth-order valence-electron chi connectivity index (χ4n) is 3.67. The first-order valence-corrected chi connectivity index (χ1v) is 9.74. The Morgan fingerprint density at radius 3 is 2.48 bits per heavy atom. The standard InChI is InChI=1S/C22H24ClN3O/c1-4-22(24,5-2)13-27-17-12-8-10-15-18(17)19-14-9-6-7-11-16(14)26(3)21(19)25-20(15)23/h6-12H,4-5,13,24H2,1-3H3. The zero-order valence-electron chi connectivity index (χ0n) is 15.9. The molecule has 0 fully saturated rings. The molecule has 140 valence electrons. The molecule has 0 spiro atoms. The third kappa shape index (κ3) is 2.84. The second kappa shape index (κ2) is 6.70. The molecule has 5 heteroatoms. The zero-order valence-corrected chi connectivity index (χ0v) is 16.7. The number of ether oxygens (including phenoxy) is 1. The predicted molar refractivity (Wildman–Crippen MR) is 114 cm³/mol. The van der Waals surface area contributed by atoms with Crippen LogP contribution in [0.15, 0.2) is 42.5 Å². The molecule has 0 saturated carbocycles. The summed E-state index contributed by atoms with van der Waals surface area (Å²) < 4.78 is 8.35. The lowest BCUT2D eigenvalue weighted by Gasteiger charge is -2.27. The van der Waals surface area contributed by atoms with Gasteiger partial charge in [0.05, 0.1) is 5.52 Å². The first kappa shape index (κ1) is 18.1. The van der Waals surface area contributed by atoms with E-state index in [9.17, 15) is 0 Å². The number of pyridine rings is 1. The molecule has 2 aromatic carbocycles. The topological polar surface area (TPSA) is 53.1 Å². The van der Waals surface area contributed by atoms with Gasteiger partial charge in [0.15, 0.2) is 0 Å². The second-order valence-electron chi connectivity index (χ2n) is 7.21. The molecule has 4 aromatic rings. The fourth-order valence-corrected chi connectivity index (χ4v) is 3.90. The Kier molecular flexibility index (Phi) is 4.49. The highest BCUT2D eigenvalue weighted by Crippen LogP contribution is 2.40. The average Bonchev–Trinajstić information content (AvgIpc) is 2.98. The number of aryl methyl sites for hydroxylation is 1. The van der Waals surface area contributed by atoms with Crippen LogP contribution in [0.4, 0.5) is 0 Å². The molecule has 2 aromatic heterocycles. The van der Waals surface area contributed by atoms with Gasteiger partial charge in [0, 0.05) is 34.1 Å². The minimum atomic E-state index is -0.336. The highest BCUT2D eigenvalue weighted by Gasteiger charge is 2.23. The third-order valence-electron chi connectivity index (χ3n) is 5.70. The number of aromatic nitrogens is 2. The number of rotatable bonds is 5. The molecule has 0 radical (unpaired) electrons. The Hall–Kier alpha value is -2.30. The van der Waals surface area contributed by atoms with Crippen molar-refractivity contribution in [2.75, 3.05) is 6.61 Å². The average molecular weight is 382 g/mol. The van der Waals surface area contributed by atoms with Gasteiger partial charge in [-0.25, -0.2) is 4.98 Å². The maximum absolute atomic E-state index is 6.55. The molecule has 0 bridgehead atoms. The summed E-state index contributed by atoms with van der Waals surface area (Å²) >= 11 is 6.55. The maximum atomic E-state index is 6.55. The summed E-state index contributed by atoms with van der Waals surface area (Å²) in [6.45, 7) is 4.66. The highest BCUT2D eigenvalue weighted by molar-refractivity contribution is 6.37. The molecule has 0 unspecified atom stereocenters. The summed E-state index contributed by atoms with van der Waals surface area (Å²) in [6, 6.07) is 14.2. The molecular weight excluding hydrogens is 358 g/mol. The Labute approximate surface area is 163 Å². The number of fused-ring (bicyclic) bond motifs is 5. The lowest BCUT2D eigenvalue weighted by Crippen LogP contribution is -2.44. The summed E-state index contributed by atoms with van der Waals surface area (Å²) in [4.78, 5) is 4.67. The van der Waals surface area contributed by atoms with E-state index in [1.807, 2.05) is 37.4 Å². The van der Waals surface area contributed by atoms with Crippen LogP contribution in [0.1, 0.15) is 26.7 Å². The molecule has 0 atom stereocenters. The van der Waals surface area contributed by atoms with Crippen LogP contribution in [0.5, 0.6) is 5.75 Å². The van der Waals surface area contributed by atoms with Gasteiger partial charge in [-0.3, -0.25) is 0 Å². The van der Waals surface area contributed by atoms with Crippen molar-refractivity contribution in [2.24, 2.45) is 12.8 Å². The van der Waals surface area contributed by atoms with Gasteiger partial charge in [-0.05, 0) is 25.0 Å². The summed E-state index contributed by atoms with van der Waals surface area (Å²) in [5.41, 5.74) is 8.10. The van der Waals surface area contributed by atoms with Crippen molar-refractivity contribution in [3.63, 3.8) is 0 Å². The van der Waals surface area contributed by atoms with Crippen molar-refractivity contribution >= 4 is 44.3 Å². The molecule has 4 nitrogen and oxygen atoms in total. The number of nitrogens with zero attached hydrogens (tertiary/aromatic N) is 2. The number of benzene rings is 2. The van der Waals surface area contributed by atoms with E-state index in [1.165, 1.54) is 0 Å². The quantitative estimate of drug-likeness (QED) is 0.469. The van der Waals surface area contributed by atoms with Crippen LogP contribution in [0, 0.1) is 0 Å². The van der Waals surface area contributed by atoms with E-state index < -0.39 is 0 Å².